The molecular formula is C21H12ClNO4. The van der Waals surface area contributed by atoms with Gasteiger partial charge in [-0.15, -0.1) is 10.2 Å². The van der Waals surface area contributed by atoms with Gasteiger partial charge >= 0.3 is 0 Å². The standard InChI is InChI=1S/C21H12N.ClHO4/c1-3-13-7-8-15-10-12-16-11-9-14-4-2-6-18-17(5-1)19(13)21(15)22(16)20(14)18;2-1(3,4)5/h1-12H;(H,2,3,4,5)/q+1;/p-1. The molecular weight excluding hydrogens is 366 g/mol. The third-order valence-corrected chi connectivity index (χ3v) is 4.98. The first-order valence-electron chi connectivity index (χ1n) is 8.26. The summed E-state index contributed by atoms with van der Waals surface area (Å²) in [5.41, 5.74) is 3.93. The molecule has 0 amide bonds. The highest BCUT2D eigenvalue weighted by Crippen LogP contribution is 2.35. The molecule has 132 valence electrons. The lowest BCUT2D eigenvalue weighted by molar-refractivity contribution is -2.00. The molecule has 0 saturated carbocycles. The van der Waals surface area contributed by atoms with E-state index < -0.39 is 10.2 Å². The second kappa shape index (κ2) is 5.60. The summed E-state index contributed by atoms with van der Waals surface area (Å²) in [5.74, 6) is 0. The zero-order valence-electron chi connectivity index (χ0n) is 13.9. The van der Waals surface area contributed by atoms with Crippen LogP contribution in [-0.2, 0) is 0 Å². The summed E-state index contributed by atoms with van der Waals surface area (Å²) >= 11 is 0. The smallest absolute Gasteiger partial charge is 0.222 e. The maximum absolute atomic E-state index is 8.49. The Labute approximate surface area is 155 Å². The predicted molar refractivity (Wildman–Crippen MR) is 92.0 cm³/mol. The number of para-hydroxylation sites is 1. The van der Waals surface area contributed by atoms with E-state index in [9.17, 15) is 0 Å². The van der Waals surface area contributed by atoms with Gasteiger partial charge in [-0.3, -0.25) is 0 Å². The van der Waals surface area contributed by atoms with Crippen molar-refractivity contribution in [2.75, 3.05) is 0 Å². The maximum atomic E-state index is 8.49. The molecule has 0 aliphatic heterocycles. The van der Waals surface area contributed by atoms with Crippen molar-refractivity contribution >= 4 is 48.9 Å². The number of fused-ring (bicyclic) bond motifs is 1. The Balaban J connectivity index is 0.000000288. The molecule has 5 nitrogen and oxygen atoms in total. The number of hydrogen-bond donors (Lipinski definition) is 0. The van der Waals surface area contributed by atoms with Crippen molar-refractivity contribution in [3.8, 4) is 0 Å². The van der Waals surface area contributed by atoms with E-state index in [0.717, 1.165) is 0 Å². The van der Waals surface area contributed by atoms with Crippen LogP contribution < -0.4 is 23.0 Å². The summed E-state index contributed by atoms with van der Waals surface area (Å²) < 4.78 is 36.4. The van der Waals surface area contributed by atoms with Gasteiger partial charge in [-0.25, -0.2) is 18.6 Å². The van der Waals surface area contributed by atoms with Gasteiger partial charge in [0.15, 0.2) is 0 Å². The van der Waals surface area contributed by atoms with Crippen molar-refractivity contribution in [3.63, 3.8) is 0 Å². The summed E-state index contributed by atoms with van der Waals surface area (Å²) in [7, 11) is -4.94. The number of benzene rings is 3. The van der Waals surface area contributed by atoms with Gasteiger partial charge in [-0.05, 0) is 35.7 Å². The minimum atomic E-state index is -4.94. The Morgan fingerprint density at radius 2 is 1.07 bits per heavy atom. The normalized spacial score (nSPS) is 12.4. The number of aromatic nitrogens is 1. The summed E-state index contributed by atoms with van der Waals surface area (Å²) in [5, 5.41) is 7.99. The molecule has 0 aliphatic rings. The highest BCUT2D eigenvalue weighted by Gasteiger charge is 2.23. The minimum absolute atomic E-state index is 1.26. The lowest BCUT2D eigenvalue weighted by Gasteiger charge is -2.17. The van der Waals surface area contributed by atoms with Crippen LogP contribution in [0.5, 0.6) is 0 Å². The number of pyridine rings is 3. The van der Waals surface area contributed by atoms with Crippen LogP contribution in [-0.4, -0.2) is 0 Å². The van der Waals surface area contributed by atoms with Gasteiger partial charge in [-0.2, -0.15) is 4.40 Å². The minimum Gasteiger partial charge on any atom is -0.222 e. The molecule has 3 heterocycles. The van der Waals surface area contributed by atoms with Crippen LogP contribution in [0, 0.1) is 10.2 Å². The molecule has 3 aromatic heterocycles. The van der Waals surface area contributed by atoms with E-state index in [2.05, 4.69) is 77.2 Å². The fourth-order valence-electron chi connectivity index (χ4n) is 4.06. The summed E-state index contributed by atoms with van der Waals surface area (Å²) in [4.78, 5) is 0. The van der Waals surface area contributed by atoms with Crippen molar-refractivity contribution < 1.29 is 33.3 Å². The van der Waals surface area contributed by atoms with Crippen molar-refractivity contribution in [1.82, 2.24) is 0 Å². The van der Waals surface area contributed by atoms with Gasteiger partial charge in [0.1, 0.15) is 0 Å². The molecule has 0 radical (unpaired) electrons. The SMILES string of the molecule is [O-][Cl+3]([O-])([O-])[O-].c1cc2ccc3ccc4ccc5cccc6c(c1)c2c3[n+]4c56. The molecule has 6 rings (SSSR count). The molecule has 0 spiro atoms. The van der Waals surface area contributed by atoms with E-state index in [1.54, 1.807) is 0 Å². The van der Waals surface area contributed by atoms with Gasteiger partial charge in [0, 0.05) is 28.3 Å². The van der Waals surface area contributed by atoms with E-state index in [4.69, 9.17) is 18.6 Å². The fraction of sp³-hybridized carbons (Fsp3) is 0. The molecule has 0 atom stereocenters. The summed E-state index contributed by atoms with van der Waals surface area (Å²) in [6.07, 6.45) is 0. The Hall–Kier alpha value is -2.80. The first-order valence-corrected chi connectivity index (χ1v) is 9.49. The van der Waals surface area contributed by atoms with Crippen LogP contribution in [0.1, 0.15) is 0 Å². The zero-order chi connectivity index (χ0) is 18.8. The Kier molecular flexibility index (Phi) is 3.40. The number of nitrogens with zero attached hydrogens (tertiary/aromatic N) is 1. The first kappa shape index (κ1) is 16.4. The lowest BCUT2D eigenvalue weighted by Crippen LogP contribution is -2.68. The largest absolute Gasteiger partial charge is 0.227 e. The van der Waals surface area contributed by atoms with Crippen LogP contribution in [0.4, 0.5) is 0 Å². The van der Waals surface area contributed by atoms with Gasteiger partial charge in [0.2, 0.25) is 16.6 Å². The lowest BCUT2D eigenvalue weighted by atomic mass is 9.96. The average molecular weight is 378 g/mol. The molecule has 0 unspecified atom stereocenters. The van der Waals surface area contributed by atoms with E-state index in [1.165, 1.54) is 48.9 Å². The topological polar surface area (TPSA) is 96.3 Å². The maximum Gasteiger partial charge on any atom is 0.227 e. The van der Waals surface area contributed by atoms with E-state index in [0.29, 0.717) is 0 Å². The fourth-order valence-corrected chi connectivity index (χ4v) is 4.06. The molecule has 6 heteroatoms. The highest BCUT2D eigenvalue weighted by molar-refractivity contribution is 6.22. The van der Waals surface area contributed by atoms with E-state index >= 15 is 0 Å². The van der Waals surface area contributed by atoms with Crippen LogP contribution in [0.2, 0.25) is 0 Å². The van der Waals surface area contributed by atoms with Crippen LogP contribution >= 0.6 is 0 Å². The molecule has 3 aromatic carbocycles. The first-order chi connectivity index (χ1) is 12.9. The van der Waals surface area contributed by atoms with Crippen LogP contribution in [0.25, 0.3) is 48.9 Å². The number of rotatable bonds is 0. The molecule has 0 bridgehead atoms. The summed E-state index contributed by atoms with van der Waals surface area (Å²) in [6.45, 7) is 0. The van der Waals surface area contributed by atoms with E-state index in [-0.39, 0.29) is 0 Å². The van der Waals surface area contributed by atoms with Gasteiger partial charge in [0.25, 0.3) is 0 Å². The molecule has 0 saturated heterocycles. The number of hydrogen-bond acceptors (Lipinski definition) is 4. The van der Waals surface area contributed by atoms with Crippen molar-refractivity contribution in [2.24, 2.45) is 0 Å². The quantitative estimate of drug-likeness (QED) is 0.214. The molecule has 0 aliphatic carbocycles. The van der Waals surface area contributed by atoms with Gasteiger partial charge in [0.05, 0.1) is 10.8 Å². The predicted octanol–water partition coefficient (Wildman–Crippen LogP) is 0.158. The monoisotopic (exact) mass is 377 g/mol. The molecule has 27 heavy (non-hydrogen) atoms. The second-order valence-electron chi connectivity index (χ2n) is 6.46. The van der Waals surface area contributed by atoms with Gasteiger partial charge in [-0.1, -0.05) is 30.3 Å². The van der Waals surface area contributed by atoms with Crippen LogP contribution in [0.15, 0.2) is 72.8 Å². The zero-order valence-corrected chi connectivity index (χ0v) is 14.6. The third kappa shape index (κ3) is 2.53. The van der Waals surface area contributed by atoms with Crippen molar-refractivity contribution in [2.45, 2.75) is 0 Å². The Bertz CT molecular complexity index is 1300. The van der Waals surface area contributed by atoms with Gasteiger partial charge < -0.3 is 0 Å². The van der Waals surface area contributed by atoms with E-state index in [1.807, 2.05) is 0 Å². The second-order valence-corrected chi connectivity index (χ2v) is 7.21. The highest BCUT2D eigenvalue weighted by atomic mass is 35.7. The molecule has 6 aromatic rings. The van der Waals surface area contributed by atoms with Crippen molar-refractivity contribution in [3.05, 3.63) is 72.8 Å². The third-order valence-electron chi connectivity index (χ3n) is 4.98. The summed E-state index contributed by atoms with van der Waals surface area (Å²) in [6, 6.07) is 26.6. The van der Waals surface area contributed by atoms with Crippen LogP contribution in [0.3, 0.4) is 0 Å². The van der Waals surface area contributed by atoms with Crippen molar-refractivity contribution in [1.29, 1.82) is 0 Å². The molecule has 0 N–H and O–H groups in total. The number of halogens is 1. The Morgan fingerprint density at radius 3 is 1.78 bits per heavy atom. The molecule has 0 fully saturated rings. The Morgan fingerprint density at radius 1 is 0.556 bits per heavy atom. The average Bonchev–Trinajstić information content (AvgIpc) is 2.64.